The Balaban J connectivity index is 1.74. The quantitative estimate of drug-likeness (QED) is 0.487. The van der Waals surface area contributed by atoms with Crippen molar-refractivity contribution in [3.63, 3.8) is 0 Å². The monoisotopic (exact) mass is 293 g/mol. The number of piperazine rings is 1. The fourth-order valence-electron chi connectivity index (χ4n) is 2.38. The van der Waals surface area contributed by atoms with Gasteiger partial charge in [-0.15, -0.1) is 0 Å². The van der Waals surface area contributed by atoms with Crippen LogP contribution in [0.4, 0.5) is 0 Å². The Labute approximate surface area is 125 Å². The Kier molecular flexibility index (Phi) is 6.47. The van der Waals surface area contributed by atoms with Crippen LogP contribution in [0, 0.1) is 11.3 Å². The largest absolute Gasteiger partial charge is 0.378 e. The Bertz CT molecular complexity index is 406. The number of carbonyl (C=O) groups excluding carboxylic acids is 1. The summed E-state index contributed by atoms with van der Waals surface area (Å²) in [6.07, 6.45) is 1.64. The van der Waals surface area contributed by atoms with Crippen molar-refractivity contribution in [3.8, 4) is 6.07 Å². The van der Waals surface area contributed by atoms with Gasteiger partial charge in [0.2, 0.25) is 0 Å². The summed E-state index contributed by atoms with van der Waals surface area (Å²) in [4.78, 5) is 16.3. The van der Waals surface area contributed by atoms with Gasteiger partial charge in [-0.25, -0.2) is 0 Å². The van der Waals surface area contributed by atoms with Crippen molar-refractivity contribution < 1.29 is 9.53 Å². The van der Waals surface area contributed by atoms with Crippen LogP contribution in [0.25, 0.3) is 0 Å². The molecule has 2 heterocycles. The van der Waals surface area contributed by atoms with Crippen LogP contribution in [-0.4, -0.2) is 81.3 Å². The van der Waals surface area contributed by atoms with Crippen molar-refractivity contribution in [2.75, 3.05) is 65.6 Å². The van der Waals surface area contributed by atoms with Crippen molar-refractivity contribution in [1.82, 2.24) is 20.4 Å². The first-order valence-electron chi connectivity index (χ1n) is 7.44. The molecule has 0 spiro atoms. The highest BCUT2D eigenvalue weighted by Gasteiger charge is 2.14. The lowest BCUT2D eigenvalue weighted by Crippen LogP contribution is -2.46. The average molecular weight is 293 g/mol. The normalized spacial score (nSPS) is 20.9. The highest BCUT2D eigenvalue weighted by molar-refractivity contribution is 5.97. The minimum Gasteiger partial charge on any atom is -0.378 e. The molecule has 0 aliphatic carbocycles. The first-order chi connectivity index (χ1) is 10.3. The van der Waals surface area contributed by atoms with Crippen LogP contribution >= 0.6 is 0 Å². The average Bonchev–Trinajstić information content (AvgIpc) is 2.54. The molecule has 7 nitrogen and oxygen atoms in total. The summed E-state index contributed by atoms with van der Waals surface area (Å²) in [7, 11) is 0. The molecule has 0 atom stereocenters. The summed E-state index contributed by atoms with van der Waals surface area (Å²) in [5.41, 5.74) is 0.164. The van der Waals surface area contributed by atoms with E-state index < -0.39 is 0 Å². The minimum absolute atomic E-state index is 0.164. The molecule has 0 bridgehead atoms. The fraction of sp³-hybridized carbons (Fsp3) is 0.714. The third-order valence-corrected chi connectivity index (χ3v) is 3.65. The molecule has 2 saturated heterocycles. The molecular weight excluding hydrogens is 270 g/mol. The number of hydrogen-bond acceptors (Lipinski definition) is 6. The van der Waals surface area contributed by atoms with E-state index in [0.717, 1.165) is 45.8 Å². The first-order valence-corrected chi connectivity index (χ1v) is 7.44. The number of nitriles is 1. The Morgan fingerprint density at radius 3 is 2.67 bits per heavy atom. The van der Waals surface area contributed by atoms with Crippen molar-refractivity contribution >= 4 is 5.91 Å². The lowest BCUT2D eigenvalue weighted by molar-refractivity contribution is -0.117. The summed E-state index contributed by atoms with van der Waals surface area (Å²) < 4.78 is 5.24. The first kappa shape index (κ1) is 15.8. The maximum Gasteiger partial charge on any atom is 0.263 e. The highest BCUT2D eigenvalue weighted by Crippen LogP contribution is 2.02. The van der Waals surface area contributed by atoms with Crippen molar-refractivity contribution in [1.29, 1.82) is 5.26 Å². The van der Waals surface area contributed by atoms with Crippen LogP contribution in [-0.2, 0) is 9.53 Å². The highest BCUT2D eigenvalue weighted by atomic mass is 16.5. The van der Waals surface area contributed by atoms with Gasteiger partial charge in [-0.1, -0.05) is 0 Å². The molecule has 0 aromatic rings. The lowest BCUT2D eigenvalue weighted by atomic mass is 10.2. The maximum atomic E-state index is 12.0. The van der Waals surface area contributed by atoms with Gasteiger partial charge in [-0.2, -0.15) is 5.26 Å². The summed E-state index contributed by atoms with van der Waals surface area (Å²) >= 11 is 0. The van der Waals surface area contributed by atoms with Crippen molar-refractivity contribution in [2.24, 2.45) is 0 Å². The van der Waals surface area contributed by atoms with Gasteiger partial charge >= 0.3 is 0 Å². The standard InChI is InChI=1S/C14H23N5O2/c15-11-13(12-19-7-9-21-10-8-19)14(20)17-3-6-18-4-1-16-2-5-18/h12,16H,1-10H2,(H,17,20)/b13-12-. The van der Waals surface area contributed by atoms with Gasteiger partial charge in [-0.05, 0) is 0 Å². The molecule has 1 amide bonds. The topological polar surface area (TPSA) is 80.6 Å². The van der Waals surface area contributed by atoms with Crippen LogP contribution in [0.1, 0.15) is 0 Å². The molecule has 21 heavy (non-hydrogen) atoms. The third-order valence-electron chi connectivity index (χ3n) is 3.65. The number of nitrogens with zero attached hydrogens (tertiary/aromatic N) is 3. The molecular formula is C14H23N5O2. The van der Waals surface area contributed by atoms with Crippen molar-refractivity contribution in [2.45, 2.75) is 0 Å². The molecule has 2 N–H and O–H groups in total. The molecule has 7 heteroatoms. The summed E-state index contributed by atoms with van der Waals surface area (Å²) in [5.74, 6) is -0.292. The predicted molar refractivity (Wildman–Crippen MR) is 78.4 cm³/mol. The zero-order valence-electron chi connectivity index (χ0n) is 12.3. The molecule has 0 aromatic heterocycles. The minimum atomic E-state index is -0.292. The molecule has 2 fully saturated rings. The van der Waals surface area contributed by atoms with Crippen molar-refractivity contribution in [3.05, 3.63) is 11.8 Å². The number of carbonyl (C=O) groups is 1. The van der Waals surface area contributed by atoms with E-state index in [1.165, 1.54) is 0 Å². The third kappa shape index (κ3) is 5.34. The second-order valence-electron chi connectivity index (χ2n) is 5.15. The maximum absolute atomic E-state index is 12.0. The number of nitrogens with one attached hydrogen (secondary N) is 2. The Morgan fingerprint density at radius 1 is 1.29 bits per heavy atom. The lowest BCUT2D eigenvalue weighted by Gasteiger charge is -2.27. The van der Waals surface area contributed by atoms with Gasteiger partial charge in [-0.3, -0.25) is 9.69 Å². The molecule has 2 rings (SSSR count). The molecule has 116 valence electrons. The van der Waals surface area contributed by atoms with E-state index >= 15 is 0 Å². The second-order valence-corrected chi connectivity index (χ2v) is 5.15. The summed E-state index contributed by atoms with van der Waals surface area (Å²) in [5, 5.41) is 15.2. The van der Waals surface area contributed by atoms with Crippen LogP contribution in [0.15, 0.2) is 11.8 Å². The van der Waals surface area contributed by atoms with Crippen LogP contribution < -0.4 is 10.6 Å². The Hall–Kier alpha value is -1.62. The number of morpholine rings is 1. The van der Waals surface area contributed by atoms with Gasteiger partial charge in [0, 0.05) is 58.6 Å². The summed E-state index contributed by atoms with van der Waals surface area (Å²) in [6.45, 7) is 8.11. The van der Waals surface area contributed by atoms with Gasteiger partial charge in [0.15, 0.2) is 0 Å². The molecule has 0 radical (unpaired) electrons. The SMILES string of the molecule is N#C/C(=C/N1CCOCC1)C(=O)NCCN1CCNCC1. The van der Waals surface area contributed by atoms with Gasteiger partial charge in [0.25, 0.3) is 5.91 Å². The molecule has 2 aliphatic heterocycles. The van der Waals surface area contributed by atoms with Gasteiger partial charge < -0.3 is 20.3 Å². The van der Waals surface area contributed by atoms with E-state index in [1.807, 2.05) is 11.0 Å². The van der Waals surface area contributed by atoms with E-state index in [0.29, 0.717) is 19.8 Å². The van der Waals surface area contributed by atoms with Gasteiger partial charge in [0.1, 0.15) is 11.6 Å². The fourth-order valence-corrected chi connectivity index (χ4v) is 2.38. The van der Waals surface area contributed by atoms with Gasteiger partial charge in [0.05, 0.1) is 13.2 Å². The van der Waals surface area contributed by atoms with E-state index in [2.05, 4.69) is 15.5 Å². The zero-order chi connectivity index (χ0) is 14.9. The molecule has 2 aliphatic rings. The van der Waals surface area contributed by atoms with E-state index in [4.69, 9.17) is 10.00 Å². The number of rotatable bonds is 5. The number of hydrogen-bond donors (Lipinski definition) is 2. The molecule has 0 aromatic carbocycles. The molecule has 0 saturated carbocycles. The van der Waals surface area contributed by atoms with E-state index in [1.54, 1.807) is 6.20 Å². The molecule has 0 unspecified atom stereocenters. The van der Waals surface area contributed by atoms with Crippen LogP contribution in [0.5, 0.6) is 0 Å². The van der Waals surface area contributed by atoms with Crippen LogP contribution in [0.3, 0.4) is 0 Å². The predicted octanol–water partition coefficient (Wildman–Crippen LogP) is -1.25. The van der Waals surface area contributed by atoms with E-state index in [9.17, 15) is 4.79 Å². The number of amides is 1. The van der Waals surface area contributed by atoms with E-state index in [-0.39, 0.29) is 11.5 Å². The van der Waals surface area contributed by atoms with Crippen LogP contribution in [0.2, 0.25) is 0 Å². The summed E-state index contributed by atoms with van der Waals surface area (Å²) in [6, 6.07) is 1.98. The smallest absolute Gasteiger partial charge is 0.263 e. The second kappa shape index (κ2) is 8.62. The zero-order valence-corrected chi connectivity index (χ0v) is 12.3. The Morgan fingerprint density at radius 2 is 2.00 bits per heavy atom. The number of ether oxygens (including phenoxy) is 1.